The lowest BCUT2D eigenvalue weighted by Crippen LogP contribution is -2.11. The van der Waals surface area contributed by atoms with Crippen molar-refractivity contribution in [1.29, 1.82) is 0 Å². The summed E-state index contributed by atoms with van der Waals surface area (Å²) in [7, 11) is 0. The van der Waals surface area contributed by atoms with E-state index >= 15 is 0 Å². The van der Waals surface area contributed by atoms with E-state index < -0.39 is 0 Å². The van der Waals surface area contributed by atoms with E-state index in [1.807, 2.05) is 41.8 Å². The second-order valence-electron chi connectivity index (χ2n) is 6.81. The second kappa shape index (κ2) is 5.69. The van der Waals surface area contributed by atoms with Crippen molar-refractivity contribution in [2.45, 2.75) is 33.1 Å². The van der Waals surface area contributed by atoms with Gasteiger partial charge in [-0.15, -0.1) is 0 Å². The summed E-state index contributed by atoms with van der Waals surface area (Å²) in [5, 5.41) is 0.902. The van der Waals surface area contributed by atoms with Crippen LogP contribution in [0.3, 0.4) is 0 Å². The van der Waals surface area contributed by atoms with Crippen LogP contribution in [0.1, 0.15) is 31.9 Å². The van der Waals surface area contributed by atoms with Gasteiger partial charge in [0.2, 0.25) is 0 Å². The third kappa shape index (κ3) is 3.01. The molecule has 4 heteroatoms. The Labute approximate surface area is 146 Å². The third-order valence-corrected chi connectivity index (χ3v) is 4.61. The first-order chi connectivity index (χ1) is 10.8. The summed E-state index contributed by atoms with van der Waals surface area (Å²) < 4.78 is 8.31. The predicted octanol–water partition coefficient (Wildman–Crippen LogP) is 6.29. The first-order valence-electron chi connectivity index (χ1n) is 7.55. The minimum absolute atomic E-state index is 0.113. The molecule has 0 aliphatic heterocycles. The predicted molar refractivity (Wildman–Crippen MR) is 101 cm³/mol. The van der Waals surface area contributed by atoms with E-state index in [1.165, 1.54) is 5.56 Å². The molecule has 23 heavy (non-hydrogen) atoms. The van der Waals surface area contributed by atoms with E-state index in [9.17, 15) is 0 Å². The summed E-state index contributed by atoms with van der Waals surface area (Å²) >= 11 is 11.1. The van der Waals surface area contributed by atoms with Gasteiger partial charge in [0.25, 0.3) is 4.84 Å². The van der Waals surface area contributed by atoms with Crippen molar-refractivity contribution < 1.29 is 4.42 Å². The maximum atomic E-state index is 5.82. The van der Waals surface area contributed by atoms with Crippen molar-refractivity contribution in [3.8, 4) is 5.69 Å². The highest BCUT2D eigenvalue weighted by Gasteiger charge is 2.14. The lowest BCUT2D eigenvalue weighted by molar-refractivity contribution is 0.536. The summed E-state index contributed by atoms with van der Waals surface area (Å²) in [6, 6.07) is 14.3. The zero-order chi connectivity index (χ0) is 16.8. The molecule has 0 saturated carbocycles. The van der Waals surface area contributed by atoms with Crippen LogP contribution in [0.25, 0.3) is 16.7 Å². The Hall–Kier alpha value is -1.78. The van der Waals surface area contributed by atoms with Crippen molar-refractivity contribution in [2.24, 2.45) is 0 Å². The number of hydrogen-bond donors (Lipinski definition) is 0. The molecule has 2 aromatic carbocycles. The first kappa shape index (κ1) is 16.1. The van der Waals surface area contributed by atoms with Crippen LogP contribution in [0, 0.1) is 16.4 Å². The van der Waals surface area contributed by atoms with Crippen molar-refractivity contribution in [3.63, 3.8) is 0 Å². The van der Waals surface area contributed by atoms with Crippen LogP contribution in [-0.2, 0) is 5.41 Å². The van der Waals surface area contributed by atoms with Crippen LogP contribution >= 0.6 is 24.4 Å². The SMILES string of the molecule is Cc1ccc2c(=S)n(-c3ccc(C(C)(C)C)cc3)c(=S)oc2c1. The van der Waals surface area contributed by atoms with Crippen molar-refractivity contribution in [1.82, 2.24) is 4.57 Å². The van der Waals surface area contributed by atoms with E-state index in [0.717, 1.165) is 22.2 Å². The highest BCUT2D eigenvalue weighted by molar-refractivity contribution is 7.72. The maximum Gasteiger partial charge on any atom is 0.274 e. The Morgan fingerprint density at radius 3 is 2.22 bits per heavy atom. The molecule has 0 radical (unpaired) electrons. The van der Waals surface area contributed by atoms with Crippen LogP contribution in [0.4, 0.5) is 0 Å². The lowest BCUT2D eigenvalue weighted by Gasteiger charge is -2.19. The minimum Gasteiger partial charge on any atom is -0.431 e. The van der Waals surface area contributed by atoms with Crippen LogP contribution in [-0.4, -0.2) is 4.57 Å². The maximum absolute atomic E-state index is 5.82. The average Bonchev–Trinajstić information content (AvgIpc) is 2.46. The van der Waals surface area contributed by atoms with Crippen LogP contribution in [0.2, 0.25) is 0 Å². The number of aromatic nitrogens is 1. The number of benzene rings is 2. The quantitative estimate of drug-likeness (QED) is 0.485. The van der Waals surface area contributed by atoms with Crippen LogP contribution in [0.15, 0.2) is 46.9 Å². The molecular weight excluding hydrogens is 322 g/mol. The van der Waals surface area contributed by atoms with Crippen molar-refractivity contribution in [3.05, 3.63) is 63.1 Å². The van der Waals surface area contributed by atoms with Gasteiger partial charge in [-0.3, -0.25) is 4.57 Å². The number of nitrogens with zero attached hydrogens (tertiary/aromatic N) is 1. The molecule has 0 saturated heterocycles. The molecular formula is C19H19NOS2. The van der Waals surface area contributed by atoms with Gasteiger partial charge in [0, 0.05) is 0 Å². The molecule has 3 aromatic rings. The molecule has 118 valence electrons. The van der Waals surface area contributed by atoms with Gasteiger partial charge >= 0.3 is 0 Å². The molecule has 3 rings (SSSR count). The van der Waals surface area contributed by atoms with Gasteiger partial charge in [0.15, 0.2) is 0 Å². The molecule has 1 aromatic heterocycles. The normalized spacial score (nSPS) is 11.8. The van der Waals surface area contributed by atoms with Gasteiger partial charge in [-0.25, -0.2) is 0 Å². The van der Waals surface area contributed by atoms with E-state index in [2.05, 4.69) is 32.9 Å². The summed E-state index contributed by atoms with van der Waals surface area (Å²) in [6.07, 6.45) is 0. The zero-order valence-corrected chi connectivity index (χ0v) is 15.3. The smallest absolute Gasteiger partial charge is 0.274 e. The Kier molecular flexibility index (Phi) is 3.98. The molecule has 0 atom stereocenters. The summed E-state index contributed by atoms with van der Waals surface area (Å²) in [5.41, 5.74) is 4.17. The number of rotatable bonds is 1. The van der Waals surface area contributed by atoms with E-state index in [0.29, 0.717) is 9.48 Å². The van der Waals surface area contributed by atoms with Gasteiger partial charge in [0.1, 0.15) is 10.2 Å². The Balaban J connectivity index is 2.22. The van der Waals surface area contributed by atoms with Gasteiger partial charge in [-0.1, -0.05) is 51.2 Å². The van der Waals surface area contributed by atoms with Crippen molar-refractivity contribution in [2.75, 3.05) is 0 Å². The fourth-order valence-corrected chi connectivity index (χ4v) is 3.27. The number of aryl methyl sites for hydroxylation is 1. The highest BCUT2D eigenvalue weighted by Crippen LogP contribution is 2.25. The summed E-state index contributed by atoms with van der Waals surface area (Å²) in [5.74, 6) is 0. The van der Waals surface area contributed by atoms with Gasteiger partial charge in [-0.05, 0) is 59.9 Å². The highest BCUT2D eigenvalue weighted by atomic mass is 32.1. The summed E-state index contributed by atoms with van der Waals surface area (Å²) in [4.78, 5) is 0.372. The number of hydrogen-bond acceptors (Lipinski definition) is 3. The molecule has 0 aliphatic carbocycles. The molecule has 0 aliphatic rings. The zero-order valence-electron chi connectivity index (χ0n) is 13.7. The van der Waals surface area contributed by atoms with Gasteiger partial charge in [0.05, 0.1) is 11.1 Å². The Bertz CT molecular complexity index is 989. The molecule has 0 unspecified atom stereocenters. The van der Waals surface area contributed by atoms with Crippen LogP contribution < -0.4 is 0 Å². The fraction of sp³-hybridized carbons (Fsp3) is 0.263. The molecule has 1 heterocycles. The fourth-order valence-electron chi connectivity index (χ4n) is 2.57. The molecule has 0 amide bonds. The van der Waals surface area contributed by atoms with Crippen LogP contribution in [0.5, 0.6) is 0 Å². The topological polar surface area (TPSA) is 18.1 Å². The van der Waals surface area contributed by atoms with E-state index in [1.54, 1.807) is 0 Å². The Morgan fingerprint density at radius 2 is 1.61 bits per heavy atom. The standard InChI is InChI=1S/C19H19NOS2/c1-12-5-10-15-16(11-12)21-18(23)20(17(15)22)14-8-6-13(7-9-14)19(2,3)4/h5-11H,1-4H3. The molecule has 0 fully saturated rings. The minimum atomic E-state index is 0.113. The van der Waals surface area contributed by atoms with E-state index in [4.69, 9.17) is 28.9 Å². The van der Waals surface area contributed by atoms with E-state index in [-0.39, 0.29) is 5.41 Å². The first-order valence-corrected chi connectivity index (χ1v) is 8.36. The molecule has 0 N–H and O–H groups in total. The Morgan fingerprint density at radius 1 is 0.957 bits per heavy atom. The second-order valence-corrected chi connectivity index (χ2v) is 7.54. The monoisotopic (exact) mass is 341 g/mol. The molecule has 0 spiro atoms. The average molecular weight is 342 g/mol. The number of fused-ring (bicyclic) bond motifs is 1. The molecule has 2 nitrogen and oxygen atoms in total. The molecule has 0 bridgehead atoms. The summed E-state index contributed by atoms with van der Waals surface area (Å²) in [6.45, 7) is 8.60. The third-order valence-electron chi connectivity index (χ3n) is 3.94. The largest absolute Gasteiger partial charge is 0.431 e. The lowest BCUT2D eigenvalue weighted by atomic mass is 9.87. The van der Waals surface area contributed by atoms with Gasteiger partial charge in [-0.2, -0.15) is 0 Å². The van der Waals surface area contributed by atoms with Crippen molar-refractivity contribution >= 4 is 35.4 Å². The van der Waals surface area contributed by atoms with Gasteiger partial charge < -0.3 is 4.42 Å².